The number of hydrogen-bond donors (Lipinski definition) is 2. The van der Waals surface area contributed by atoms with Gasteiger partial charge in [0.25, 0.3) is 0 Å². The first kappa shape index (κ1) is 16.7. The highest BCUT2D eigenvalue weighted by Gasteiger charge is 2.20. The zero-order valence-corrected chi connectivity index (χ0v) is 14.7. The molecule has 0 radical (unpaired) electrons. The van der Waals surface area contributed by atoms with Gasteiger partial charge in [-0.3, -0.25) is 15.0 Å². The highest BCUT2D eigenvalue weighted by Crippen LogP contribution is 2.30. The first-order valence-corrected chi connectivity index (χ1v) is 8.76. The van der Waals surface area contributed by atoms with E-state index in [2.05, 4.69) is 30.5 Å². The SMILES string of the molecule is Cc1ncc(NCc2ccc3nccnc3c2)c(N2CCNCC2)c1F. The van der Waals surface area contributed by atoms with Crippen LogP contribution in [0, 0.1) is 12.7 Å². The fourth-order valence-electron chi connectivity index (χ4n) is 3.21. The number of halogens is 1. The largest absolute Gasteiger partial charge is 0.378 e. The second kappa shape index (κ2) is 7.21. The first-order chi connectivity index (χ1) is 12.7. The number of fused-ring (bicyclic) bond motifs is 1. The van der Waals surface area contributed by atoms with Crippen molar-refractivity contribution < 1.29 is 4.39 Å². The molecule has 2 aromatic heterocycles. The summed E-state index contributed by atoms with van der Waals surface area (Å²) in [5, 5.41) is 6.65. The van der Waals surface area contributed by atoms with Crippen molar-refractivity contribution in [3.05, 3.63) is 53.9 Å². The lowest BCUT2D eigenvalue weighted by molar-refractivity contribution is 0.560. The molecule has 134 valence electrons. The van der Waals surface area contributed by atoms with Crippen molar-refractivity contribution in [1.29, 1.82) is 0 Å². The van der Waals surface area contributed by atoms with Crippen LogP contribution in [0.3, 0.4) is 0 Å². The zero-order valence-electron chi connectivity index (χ0n) is 14.7. The Kier molecular flexibility index (Phi) is 4.62. The molecule has 0 bridgehead atoms. The molecule has 2 N–H and O–H groups in total. The standard InChI is InChI=1S/C19H21FN6/c1-13-18(20)19(26-8-6-21-7-9-26)17(12-24-13)25-11-14-2-3-15-16(10-14)23-5-4-22-15/h2-5,10,12,21,25H,6-9,11H2,1H3. The Morgan fingerprint density at radius 2 is 1.88 bits per heavy atom. The van der Waals surface area contributed by atoms with Gasteiger partial charge in [-0.05, 0) is 24.6 Å². The summed E-state index contributed by atoms with van der Waals surface area (Å²) in [6.45, 7) is 5.52. The van der Waals surface area contributed by atoms with E-state index in [9.17, 15) is 4.39 Å². The second-order valence-electron chi connectivity index (χ2n) is 6.39. The quantitative estimate of drug-likeness (QED) is 0.752. The third-order valence-electron chi connectivity index (χ3n) is 4.62. The van der Waals surface area contributed by atoms with Gasteiger partial charge >= 0.3 is 0 Å². The summed E-state index contributed by atoms with van der Waals surface area (Å²) in [6, 6.07) is 5.95. The molecular weight excluding hydrogens is 331 g/mol. The van der Waals surface area contributed by atoms with Gasteiger partial charge in [0, 0.05) is 45.1 Å². The van der Waals surface area contributed by atoms with E-state index in [1.807, 2.05) is 18.2 Å². The summed E-state index contributed by atoms with van der Waals surface area (Å²) in [6.07, 6.45) is 5.08. The van der Waals surface area contributed by atoms with Crippen LogP contribution < -0.4 is 15.5 Å². The van der Waals surface area contributed by atoms with Crippen molar-refractivity contribution in [2.75, 3.05) is 36.4 Å². The summed E-state index contributed by atoms with van der Waals surface area (Å²) in [7, 11) is 0. The Hall–Kier alpha value is -2.80. The van der Waals surface area contributed by atoms with Gasteiger partial charge in [-0.25, -0.2) is 4.39 Å². The van der Waals surface area contributed by atoms with Crippen molar-refractivity contribution >= 4 is 22.4 Å². The van der Waals surface area contributed by atoms with E-state index in [1.165, 1.54) is 0 Å². The van der Waals surface area contributed by atoms with Gasteiger partial charge in [0.15, 0.2) is 5.82 Å². The minimum atomic E-state index is -0.249. The van der Waals surface area contributed by atoms with Crippen LogP contribution >= 0.6 is 0 Å². The lowest BCUT2D eigenvalue weighted by Crippen LogP contribution is -2.44. The Morgan fingerprint density at radius 1 is 1.12 bits per heavy atom. The molecule has 3 heterocycles. The van der Waals surface area contributed by atoms with Gasteiger partial charge in [-0.15, -0.1) is 0 Å². The number of hydrogen-bond acceptors (Lipinski definition) is 6. The van der Waals surface area contributed by atoms with Crippen LogP contribution in [0.5, 0.6) is 0 Å². The van der Waals surface area contributed by atoms with Crippen molar-refractivity contribution in [1.82, 2.24) is 20.3 Å². The number of piperazine rings is 1. The Bertz CT molecular complexity index is 923. The molecule has 0 atom stereocenters. The van der Waals surface area contributed by atoms with Crippen LogP contribution in [0.25, 0.3) is 11.0 Å². The van der Waals surface area contributed by atoms with E-state index in [0.29, 0.717) is 23.6 Å². The summed E-state index contributed by atoms with van der Waals surface area (Å²) < 4.78 is 14.8. The van der Waals surface area contributed by atoms with E-state index in [0.717, 1.165) is 42.8 Å². The first-order valence-electron chi connectivity index (χ1n) is 8.76. The number of pyridine rings is 1. The Morgan fingerprint density at radius 3 is 2.69 bits per heavy atom. The third-order valence-corrected chi connectivity index (χ3v) is 4.62. The molecule has 1 aliphatic rings. The average molecular weight is 352 g/mol. The van der Waals surface area contributed by atoms with Crippen LogP contribution in [0.2, 0.25) is 0 Å². The van der Waals surface area contributed by atoms with Crippen molar-refractivity contribution in [3.63, 3.8) is 0 Å². The van der Waals surface area contributed by atoms with Gasteiger partial charge in [0.1, 0.15) is 5.69 Å². The molecule has 4 rings (SSSR count). The van der Waals surface area contributed by atoms with Crippen LogP contribution in [-0.2, 0) is 6.54 Å². The fraction of sp³-hybridized carbons (Fsp3) is 0.316. The van der Waals surface area contributed by atoms with Gasteiger partial charge < -0.3 is 15.5 Å². The van der Waals surface area contributed by atoms with Crippen molar-refractivity contribution in [3.8, 4) is 0 Å². The Labute approximate surface area is 151 Å². The number of aryl methyl sites for hydroxylation is 1. The molecule has 0 saturated carbocycles. The Balaban J connectivity index is 1.59. The number of nitrogens with one attached hydrogen (secondary N) is 2. The second-order valence-corrected chi connectivity index (χ2v) is 6.39. The predicted octanol–water partition coefficient (Wildman–Crippen LogP) is 2.49. The molecule has 3 aromatic rings. The summed E-state index contributed by atoms with van der Waals surface area (Å²) in [5.41, 5.74) is 4.52. The molecule has 26 heavy (non-hydrogen) atoms. The zero-order chi connectivity index (χ0) is 17.9. The maximum absolute atomic E-state index is 14.8. The smallest absolute Gasteiger partial charge is 0.169 e. The van der Waals surface area contributed by atoms with Gasteiger partial charge in [-0.1, -0.05) is 6.07 Å². The number of anilines is 2. The molecule has 0 spiro atoms. The molecule has 0 unspecified atom stereocenters. The van der Waals surface area contributed by atoms with Crippen LogP contribution in [-0.4, -0.2) is 41.1 Å². The lowest BCUT2D eigenvalue weighted by atomic mass is 10.1. The maximum Gasteiger partial charge on any atom is 0.169 e. The minimum Gasteiger partial charge on any atom is -0.378 e. The van der Waals surface area contributed by atoms with Crippen molar-refractivity contribution in [2.45, 2.75) is 13.5 Å². The van der Waals surface area contributed by atoms with Gasteiger partial charge in [0.2, 0.25) is 0 Å². The third kappa shape index (κ3) is 3.30. The van der Waals surface area contributed by atoms with Crippen molar-refractivity contribution in [2.24, 2.45) is 0 Å². The number of benzene rings is 1. The van der Waals surface area contributed by atoms with Gasteiger partial charge in [0.05, 0.1) is 28.6 Å². The maximum atomic E-state index is 14.8. The molecule has 1 saturated heterocycles. The minimum absolute atomic E-state index is 0.249. The van der Waals surface area contributed by atoms with Crippen LogP contribution in [0.1, 0.15) is 11.3 Å². The van der Waals surface area contributed by atoms with Crippen LogP contribution in [0.15, 0.2) is 36.8 Å². The topological polar surface area (TPSA) is 66.0 Å². The molecule has 0 aliphatic carbocycles. The molecular formula is C19H21FN6. The molecule has 0 amide bonds. The normalized spacial score (nSPS) is 14.6. The fourth-order valence-corrected chi connectivity index (χ4v) is 3.21. The molecule has 6 nitrogen and oxygen atoms in total. The summed E-state index contributed by atoms with van der Waals surface area (Å²) in [4.78, 5) is 14.9. The van der Waals surface area contributed by atoms with E-state index in [-0.39, 0.29) is 5.82 Å². The number of rotatable bonds is 4. The molecule has 7 heteroatoms. The molecule has 1 aliphatic heterocycles. The summed E-state index contributed by atoms with van der Waals surface area (Å²) >= 11 is 0. The average Bonchev–Trinajstić information content (AvgIpc) is 2.69. The van der Waals surface area contributed by atoms with E-state index in [4.69, 9.17) is 0 Å². The monoisotopic (exact) mass is 352 g/mol. The molecule has 1 fully saturated rings. The number of aromatic nitrogens is 3. The van der Waals surface area contributed by atoms with E-state index < -0.39 is 0 Å². The summed E-state index contributed by atoms with van der Waals surface area (Å²) in [5.74, 6) is -0.249. The van der Waals surface area contributed by atoms with E-state index >= 15 is 0 Å². The van der Waals surface area contributed by atoms with Crippen LogP contribution in [0.4, 0.5) is 15.8 Å². The highest BCUT2D eigenvalue weighted by molar-refractivity contribution is 5.75. The number of nitrogens with zero attached hydrogens (tertiary/aromatic N) is 4. The van der Waals surface area contributed by atoms with Gasteiger partial charge in [-0.2, -0.15) is 0 Å². The molecule has 1 aromatic carbocycles. The predicted molar refractivity (Wildman–Crippen MR) is 101 cm³/mol. The highest BCUT2D eigenvalue weighted by atomic mass is 19.1. The van der Waals surface area contributed by atoms with E-state index in [1.54, 1.807) is 25.5 Å². The lowest BCUT2D eigenvalue weighted by Gasteiger charge is -2.31.